The minimum absolute atomic E-state index is 0.00495. The minimum Gasteiger partial charge on any atom is -0.321 e. The van der Waals surface area contributed by atoms with Gasteiger partial charge >= 0.3 is 0 Å². The average Bonchev–Trinajstić information content (AvgIpc) is 2.53. The number of carbonyl (C=O) groups excluding carboxylic acids is 2. The molecule has 120 valence electrons. The van der Waals surface area contributed by atoms with Gasteiger partial charge in [-0.05, 0) is 43.9 Å². The quantitative estimate of drug-likeness (QED) is 0.350. The van der Waals surface area contributed by atoms with Crippen molar-refractivity contribution >= 4 is 17.5 Å². The highest BCUT2D eigenvalue weighted by atomic mass is 16.2. The molecule has 2 amide bonds. The number of unbranched alkanes of at least 4 members (excludes halogenated alkanes) is 1. The fraction of sp³-hybridized carbons (Fsp3) is 0.438. The van der Waals surface area contributed by atoms with Crippen LogP contribution in [0.15, 0.2) is 31.0 Å². The van der Waals surface area contributed by atoms with E-state index in [1.807, 2.05) is 13.0 Å². The summed E-state index contributed by atoms with van der Waals surface area (Å²) in [4.78, 5) is 27.2. The summed E-state index contributed by atoms with van der Waals surface area (Å²) in [5.74, 6) is -0.259. The van der Waals surface area contributed by atoms with E-state index in [1.54, 1.807) is 12.3 Å². The highest BCUT2D eigenvalue weighted by Crippen LogP contribution is 2.15. The summed E-state index contributed by atoms with van der Waals surface area (Å²) in [6.45, 7) is 6.24. The molecule has 22 heavy (non-hydrogen) atoms. The first-order chi connectivity index (χ1) is 10.7. The van der Waals surface area contributed by atoms with Crippen molar-refractivity contribution in [3.05, 3.63) is 36.7 Å². The first kappa shape index (κ1) is 17.8. The third-order valence-corrected chi connectivity index (χ3v) is 3.00. The van der Waals surface area contributed by atoms with Crippen LogP contribution in [0.3, 0.4) is 0 Å². The molecule has 6 heteroatoms. The number of hydrogen-bond donors (Lipinski definition) is 3. The number of anilines is 1. The van der Waals surface area contributed by atoms with E-state index in [1.165, 1.54) is 6.08 Å². The van der Waals surface area contributed by atoms with Crippen LogP contribution in [0.4, 0.5) is 5.69 Å². The van der Waals surface area contributed by atoms with Crippen LogP contribution in [0.2, 0.25) is 0 Å². The number of carbonyl (C=O) groups is 2. The molecular formula is C16H24N4O2. The van der Waals surface area contributed by atoms with Crippen LogP contribution in [0.25, 0.3) is 0 Å². The van der Waals surface area contributed by atoms with E-state index >= 15 is 0 Å². The number of hydrazine groups is 1. The Labute approximate surface area is 131 Å². The maximum absolute atomic E-state index is 11.5. The lowest BCUT2D eigenvalue weighted by molar-refractivity contribution is -0.122. The molecule has 3 N–H and O–H groups in total. The van der Waals surface area contributed by atoms with Crippen LogP contribution in [-0.2, 0) is 16.0 Å². The number of nitrogens with zero attached hydrogens (tertiary/aromatic N) is 1. The monoisotopic (exact) mass is 304 g/mol. The molecule has 0 aliphatic heterocycles. The van der Waals surface area contributed by atoms with Crippen molar-refractivity contribution in [3.8, 4) is 0 Å². The molecule has 0 bridgehead atoms. The molecule has 1 heterocycles. The Morgan fingerprint density at radius 2 is 2.18 bits per heavy atom. The van der Waals surface area contributed by atoms with Crippen LogP contribution >= 0.6 is 0 Å². The summed E-state index contributed by atoms with van der Waals surface area (Å²) in [6, 6.07) is 3.58. The molecule has 0 fully saturated rings. The van der Waals surface area contributed by atoms with Crippen LogP contribution < -0.4 is 16.2 Å². The Balaban J connectivity index is 2.34. The molecular weight excluding hydrogens is 280 g/mol. The van der Waals surface area contributed by atoms with Gasteiger partial charge in [0.1, 0.15) is 0 Å². The SMILES string of the molecule is C=CC(=O)Nc1cccnc1CCCCC(=O)NNCCC. The molecule has 1 aromatic heterocycles. The smallest absolute Gasteiger partial charge is 0.247 e. The average molecular weight is 304 g/mol. The van der Waals surface area contributed by atoms with Crippen LogP contribution in [-0.4, -0.2) is 23.3 Å². The van der Waals surface area contributed by atoms with Crippen molar-refractivity contribution in [3.63, 3.8) is 0 Å². The topological polar surface area (TPSA) is 83.1 Å². The summed E-state index contributed by atoms with van der Waals surface area (Å²) in [5.41, 5.74) is 7.03. The molecule has 0 aromatic carbocycles. The predicted octanol–water partition coefficient (Wildman–Crippen LogP) is 1.95. The fourth-order valence-corrected chi connectivity index (χ4v) is 1.86. The van der Waals surface area contributed by atoms with Gasteiger partial charge in [0.15, 0.2) is 0 Å². The maximum atomic E-state index is 11.5. The highest BCUT2D eigenvalue weighted by molar-refractivity contribution is 5.99. The van der Waals surface area contributed by atoms with Gasteiger partial charge in [-0.15, -0.1) is 0 Å². The molecule has 6 nitrogen and oxygen atoms in total. The predicted molar refractivity (Wildman–Crippen MR) is 87.1 cm³/mol. The van der Waals surface area contributed by atoms with E-state index in [-0.39, 0.29) is 11.8 Å². The number of pyridine rings is 1. The highest BCUT2D eigenvalue weighted by Gasteiger charge is 2.06. The Morgan fingerprint density at radius 1 is 1.36 bits per heavy atom. The van der Waals surface area contributed by atoms with Crippen molar-refractivity contribution in [1.82, 2.24) is 15.8 Å². The largest absolute Gasteiger partial charge is 0.321 e. The van der Waals surface area contributed by atoms with Gasteiger partial charge in [0, 0.05) is 19.2 Å². The normalized spacial score (nSPS) is 10.0. The van der Waals surface area contributed by atoms with E-state index in [2.05, 4.69) is 27.7 Å². The molecule has 0 unspecified atom stereocenters. The Morgan fingerprint density at radius 3 is 2.91 bits per heavy atom. The second kappa shape index (κ2) is 10.5. The standard InChI is InChI=1S/C16H24N4O2/c1-3-11-18-20-16(22)10-6-5-8-13-14(9-7-12-17-13)19-15(21)4-2/h4,7,9,12,18H,2-3,5-6,8,10-11H2,1H3,(H,19,21)(H,20,22). The van der Waals surface area contributed by atoms with Gasteiger partial charge in [0.25, 0.3) is 0 Å². The maximum Gasteiger partial charge on any atom is 0.247 e. The summed E-state index contributed by atoms with van der Waals surface area (Å²) < 4.78 is 0. The lowest BCUT2D eigenvalue weighted by atomic mass is 10.1. The number of nitrogens with one attached hydrogen (secondary N) is 3. The first-order valence-corrected chi connectivity index (χ1v) is 7.56. The third kappa shape index (κ3) is 6.99. The van der Waals surface area contributed by atoms with E-state index in [9.17, 15) is 9.59 Å². The van der Waals surface area contributed by atoms with Crippen LogP contribution in [0.5, 0.6) is 0 Å². The van der Waals surface area contributed by atoms with Crippen LogP contribution in [0, 0.1) is 0 Å². The van der Waals surface area contributed by atoms with E-state index in [0.717, 1.165) is 31.5 Å². The molecule has 0 aliphatic rings. The number of aryl methyl sites for hydroxylation is 1. The summed E-state index contributed by atoms with van der Waals surface area (Å²) in [5, 5.41) is 2.74. The second-order valence-corrected chi connectivity index (χ2v) is 4.87. The molecule has 0 radical (unpaired) electrons. The number of amides is 2. The number of hydrogen-bond acceptors (Lipinski definition) is 4. The molecule has 0 saturated heterocycles. The molecule has 1 aromatic rings. The Bertz CT molecular complexity index is 503. The lowest BCUT2D eigenvalue weighted by Crippen LogP contribution is -2.37. The van der Waals surface area contributed by atoms with Gasteiger partial charge in [0.2, 0.25) is 11.8 Å². The summed E-state index contributed by atoms with van der Waals surface area (Å²) in [7, 11) is 0. The fourth-order valence-electron chi connectivity index (χ4n) is 1.86. The molecule has 0 aliphatic carbocycles. The lowest BCUT2D eigenvalue weighted by Gasteiger charge is -2.09. The molecule has 0 atom stereocenters. The minimum atomic E-state index is -0.254. The van der Waals surface area contributed by atoms with Gasteiger partial charge in [-0.2, -0.15) is 0 Å². The molecule has 1 rings (SSSR count). The zero-order valence-corrected chi connectivity index (χ0v) is 13.0. The van der Waals surface area contributed by atoms with Crippen molar-refractivity contribution < 1.29 is 9.59 Å². The molecule has 0 saturated carbocycles. The first-order valence-electron chi connectivity index (χ1n) is 7.56. The van der Waals surface area contributed by atoms with E-state index in [0.29, 0.717) is 18.5 Å². The number of aromatic nitrogens is 1. The third-order valence-electron chi connectivity index (χ3n) is 3.00. The van der Waals surface area contributed by atoms with Crippen molar-refractivity contribution in [1.29, 1.82) is 0 Å². The van der Waals surface area contributed by atoms with Gasteiger partial charge in [-0.25, -0.2) is 5.43 Å². The van der Waals surface area contributed by atoms with Gasteiger partial charge in [-0.3, -0.25) is 20.0 Å². The van der Waals surface area contributed by atoms with E-state index in [4.69, 9.17) is 0 Å². The Hall–Kier alpha value is -2.21. The van der Waals surface area contributed by atoms with Crippen molar-refractivity contribution in [2.75, 3.05) is 11.9 Å². The zero-order valence-electron chi connectivity index (χ0n) is 13.0. The Kier molecular flexibility index (Phi) is 8.52. The van der Waals surface area contributed by atoms with Gasteiger partial charge < -0.3 is 5.32 Å². The van der Waals surface area contributed by atoms with Crippen molar-refractivity contribution in [2.24, 2.45) is 0 Å². The van der Waals surface area contributed by atoms with Crippen LogP contribution in [0.1, 0.15) is 38.3 Å². The summed E-state index contributed by atoms with van der Waals surface area (Å²) in [6.07, 6.45) is 6.67. The number of rotatable bonds is 10. The van der Waals surface area contributed by atoms with Crippen molar-refractivity contribution in [2.45, 2.75) is 39.0 Å². The van der Waals surface area contributed by atoms with E-state index < -0.39 is 0 Å². The molecule has 0 spiro atoms. The van der Waals surface area contributed by atoms with Gasteiger partial charge in [0.05, 0.1) is 11.4 Å². The second-order valence-electron chi connectivity index (χ2n) is 4.87. The summed E-state index contributed by atoms with van der Waals surface area (Å²) >= 11 is 0. The van der Waals surface area contributed by atoms with Gasteiger partial charge in [-0.1, -0.05) is 13.5 Å². The zero-order chi connectivity index (χ0) is 16.2.